The summed E-state index contributed by atoms with van der Waals surface area (Å²) in [6, 6.07) is 8.00. The summed E-state index contributed by atoms with van der Waals surface area (Å²) in [6.07, 6.45) is 1.41. The summed E-state index contributed by atoms with van der Waals surface area (Å²) in [4.78, 5) is 10.4. The van der Waals surface area contributed by atoms with Gasteiger partial charge in [0.25, 0.3) is 0 Å². The predicted octanol–water partition coefficient (Wildman–Crippen LogP) is 4.03. The minimum atomic E-state index is -0.677. The second kappa shape index (κ2) is 5.77. The van der Waals surface area contributed by atoms with Gasteiger partial charge in [-0.2, -0.15) is 4.73 Å². The van der Waals surface area contributed by atoms with E-state index >= 15 is 0 Å². The highest BCUT2D eigenvalue weighted by atomic mass is 35.5. The number of hydrogen-bond acceptors (Lipinski definition) is 3. The molecule has 0 bridgehead atoms. The predicted molar refractivity (Wildman–Crippen MR) is 83.1 cm³/mol. The molecule has 0 unspecified atom stereocenters. The molecule has 3 rings (SSSR count). The minimum absolute atomic E-state index is 0.0414. The van der Waals surface area contributed by atoms with Gasteiger partial charge in [0, 0.05) is 16.8 Å². The van der Waals surface area contributed by atoms with Gasteiger partial charge in [-0.1, -0.05) is 11.6 Å². The van der Waals surface area contributed by atoms with Crippen LogP contribution in [0.1, 0.15) is 0 Å². The summed E-state index contributed by atoms with van der Waals surface area (Å²) in [5, 5.41) is 15.3. The van der Waals surface area contributed by atoms with E-state index in [1.165, 1.54) is 36.7 Å². The number of anilines is 3. The lowest BCUT2D eigenvalue weighted by atomic mass is 10.2. The van der Waals surface area contributed by atoms with E-state index in [9.17, 15) is 18.8 Å². The highest BCUT2D eigenvalue weighted by Gasteiger charge is 2.16. The van der Waals surface area contributed by atoms with Crippen LogP contribution in [0.4, 0.5) is 26.0 Å². The Morgan fingerprint density at radius 2 is 1.87 bits per heavy atom. The van der Waals surface area contributed by atoms with Crippen LogP contribution in [0.25, 0.3) is 10.9 Å². The van der Waals surface area contributed by atoms with E-state index in [1.807, 2.05) is 0 Å². The lowest BCUT2D eigenvalue weighted by Gasteiger charge is -2.09. The molecule has 0 fully saturated rings. The normalized spacial score (nSPS) is 10.7. The second-order valence-electron chi connectivity index (χ2n) is 4.68. The molecule has 2 aromatic carbocycles. The number of carbonyl (C=O) groups excluding carboxylic acids is 1. The highest BCUT2D eigenvalue weighted by molar-refractivity contribution is 6.31. The Morgan fingerprint density at radius 3 is 2.57 bits per heavy atom. The number of nitrogens with one attached hydrogen (secondary N) is 2. The lowest BCUT2D eigenvalue weighted by Crippen LogP contribution is -2.01. The Bertz CT molecular complexity index is 911. The van der Waals surface area contributed by atoms with Gasteiger partial charge in [-0.3, -0.25) is 4.79 Å². The van der Waals surface area contributed by atoms with E-state index in [0.29, 0.717) is 21.5 Å². The van der Waals surface area contributed by atoms with E-state index in [-0.39, 0.29) is 16.4 Å². The Balaban J connectivity index is 2.10. The summed E-state index contributed by atoms with van der Waals surface area (Å²) >= 11 is 5.72. The first-order valence-electron chi connectivity index (χ1n) is 6.39. The zero-order valence-electron chi connectivity index (χ0n) is 11.4. The first kappa shape index (κ1) is 15.1. The van der Waals surface area contributed by atoms with Crippen molar-refractivity contribution in [2.45, 2.75) is 0 Å². The molecule has 0 aliphatic carbocycles. The number of nitrogens with zero attached hydrogens (tertiary/aromatic N) is 1. The van der Waals surface area contributed by atoms with Gasteiger partial charge in [-0.15, -0.1) is 0 Å². The average molecular weight is 337 g/mol. The van der Waals surface area contributed by atoms with Crippen LogP contribution in [0.15, 0.2) is 36.4 Å². The van der Waals surface area contributed by atoms with Crippen molar-refractivity contribution in [1.29, 1.82) is 0 Å². The van der Waals surface area contributed by atoms with Gasteiger partial charge in [-0.05, 0) is 36.4 Å². The first-order chi connectivity index (χ1) is 11.0. The molecule has 1 heterocycles. The van der Waals surface area contributed by atoms with Gasteiger partial charge in [0.05, 0.1) is 5.02 Å². The Kier molecular flexibility index (Phi) is 3.79. The summed E-state index contributed by atoms with van der Waals surface area (Å²) in [5.41, 5.74) is 0.790. The van der Waals surface area contributed by atoms with Crippen molar-refractivity contribution in [3.05, 3.63) is 53.1 Å². The largest absolute Gasteiger partial charge is 0.426 e. The van der Waals surface area contributed by atoms with Gasteiger partial charge < -0.3 is 15.8 Å². The number of hydrogen-bond donors (Lipinski definition) is 3. The smallest absolute Gasteiger partial charge is 0.315 e. The van der Waals surface area contributed by atoms with Crippen LogP contribution in [-0.2, 0) is 4.79 Å². The van der Waals surface area contributed by atoms with Crippen molar-refractivity contribution in [2.75, 3.05) is 10.6 Å². The van der Waals surface area contributed by atoms with E-state index in [0.717, 1.165) is 6.07 Å². The van der Waals surface area contributed by atoms with Crippen LogP contribution >= 0.6 is 11.6 Å². The molecule has 0 aliphatic rings. The van der Waals surface area contributed by atoms with Crippen LogP contribution in [0.2, 0.25) is 5.02 Å². The molecule has 117 valence electrons. The van der Waals surface area contributed by atoms with Crippen molar-refractivity contribution >= 4 is 46.1 Å². The number of rotatable bonds is 4. The van der Waals surface area contributed by atoms with Crippen LogP contribution < -0.4 is 10.6 Å². The maximum absolute atomic E-state index is 13.9. The first-order valence-corrected chi connectivity index (χ1v) is 6.77. The molecule has 1 aromatic heterocycles. The van der Waals surface area contributed by atoms with Crippen molar-refractivity contribution in [3.63, 3.8) is 0 Å². The molecule has 0 aliphatic heterocycles. The third kappa shape index (κ3) is 2.66. The SMILES string of the molecule is O=[C]Nc1cc2c(Nc3ccc(F)c(Cl)c3)ccc(F)c2n1O. The summed E-state index contributed by atoms with van der Waals surface area (Å²) in [7, 11) is 0. The zero-order chi connectivity index (χ0) is 16.6. The molecule has 0 spiro atoms. The van der Waals surface area contributed by atoms with E-state index in [4.69, 9.17) is 11.6 Å². The number of aromatic nitrogens is 1. The quantitative estimate of drug-likeness (QED) is 0.498. The minimum Gasteiger partial charge on any atom is -0.426 e. The fourth-order valence-electron chi connectivity index (χ4n) is 2.24. The monoisotopic (exact) mass is 336 g/mol. The standard InChI is InChI=1S/C15H9ClF2N3O2/c16-10-5-8(1-2-11(10)17)20-13-4-3-12(18)15-9(13)6-14(19-7-22)21(15)23/h1-6,20,23H,(H,19,22). The van der Waals surface area contributed by atoms with Gasteiger partial charge in [0.15, 0.2) is 11.6 Å². The van der Waals surface area contributed by atoms with Crippen molar-refractivity contribution in [1.82, 2.24) is 4.73 Å². The Morgan fingerprint density at radius 1 is 1.13 bits per heavy atom. The van der Waals surface area contributed by atoms with E-state index in [2.05, 4.69) is 10.6 Å². The van der Waals surface area contributed by atoms with E-state index in [1.54, 1.807) is 0 Å². The van der Waals surface area contributed by atoms with Crippen molar-refractivity contribution in [3.8, 4) is 0 Å². The molecule has 0 saturated carbocycles. The summed E-state index contributed by atoms with van der Waals surface area (Å²) in [5.74, 6) is -1.28. The third-order valence-corrected chi connectivity index (χ3v) is 3.56. The van der Waals surface area contributed by atoms with Gasteiger partial charge in [0.1, 0.15) is 11.3 Å². The third-order valence-electron chi connectivity index (χ3n) is 3.27. The molecule has 8 heteroatoms. The molecular formula is C15H9ClF2N3O2. The van der Waals surface area contributed by atoms with Gasteiger partial charge >= 0.3 is 6.41 Å². The molecule has 3 aromatic rings. The molecule has 5 nitrogen and oxygen atoms in total. The summed E-state index contributed by atoms with van der Waals surface area (Å²) < 4.78 is 27.6. The fourth-order valence-corrected chi connectivity index (χ4v) is 2.42. The lowest BCUT2D eigenvalue weighted by molar-refractivity contribution is 0.204. The molecule has 0 atom stereocenters. The van der Waals surface area contributed by atoms with Crippen LogP contribution in [0.5, 0.6) is 0 Å². The van der Waals surface area contributed by atoms with Crippen molar-refractivity contribution < 1.29 is 18.8 Å². The Labute approximate surface area is 134 Å². The average Bonchev–Trinajstić information content (AvgIpc) is 2.85. The molecule has 23 heavy (non-hydrogen) atoms. The van der Waals surface area contributed by atoms with Crippen LogP contribution in [0, 0.1) is 11.6 Å². The molecule has 3 N–H and O–H groups in total. The molecule has 1 amide bonds. The maximum atomic E-state index is 13.9. The van der Waals surface area contributed by atoms with Gasteiger partial charge in [-0.25, -0.2) is 8.78 Å². The van der Waals surface area contributed by atoms with Gasteiger partial charge in [0.2, 0.25) is 0 Å². The maximum Gasteiger partial charge on any atom is 0.315 e. The number of benzene rings is 2. The summed E-state index contributed by atoms with van der Waals surface area (Å²) in [6.45, 7) is 0. The Hall–Kier alpha value is -2.80. The highest BCUT2D eigenvalue weighted by Crippen LogP contribution is 2.33. The number of amides is 1. The zero-order valence-corrected chi connectivity index (χ0v) is 12.2. The molecule has 1 radical (unpaired) electrons. The molecular weight excluding hydrogens is 328 g/mol. The van der Waals surface area contributed by atoms with Crippen molar-refractivity contribution in [2.24, 2.45) is 0 Å². The fraction of sp³-hybridized carbons (Fsp3) is 0. The number of halogens is 3. The molecule has 0 saturated heterocycles. The van der Waals surface area contributed by atoms with E-state index < -0.39 is 11.6 Å². The van der Waals surface area contributed by atoms with Crippen LogP contribution in [0.3, 0.4) is 0 Å². The number of fused-ring (bicyclic) bond motifs is 1. The van der Waals surface area contributed by atoms with Crippen LogP contribution in [-0.4, -0.2) is 16.3 Å². The topological polar surface area (TPSA) is 66.3 Å². The second-order valence-corrected chi connectivity index (χ2v) is 5.09.